The van der Waals surface area contributed by atoms with Gasteiger partial charge in [-0.3, -0.25) is 4.79 Å². The van der Waals surface area contributed by atoms with Crippen molar-refractivity contribution >= 4 is 22.5 Å². The predicted molar refractivity (Wildman–Crippen MR) is 104 cm³/mol. The van der Waals surface area contributed by atoms with Gasteiger partial charge in [0.05, 0.1) is 22.9 Å². The van der Waals surface area contributed by atoms with Crippen LogP contribution in [-0.4, -0.2) is 10.9 Å². The lowest BCUT2D eigenvalue weighted by Gasteiger charge is -2.13. The fraction of sp³-hybridized carbons (Fsp3) is 0.0909. The van der Waals surface area contributed by atoms with Crippen molar-refractivity contribution in [3.8, 4) is 11.5 Å². The van der Waals surface area contributed by atoms with E-state index >= 15 is 0 Å². The largest absolute Gasteiger partial charge is 0.463 e. The van der Waals surface area contributed by atoms with Gasteiger partial charge in [0.25, 0.3) is 5.91 Å². The van der Waals surface area contributed by atoms with E-state index in [0.29, 0.717) is 34.5 Å². The first-order valence-electron chi connectivity index (χ1n) is 8.86. The zero-order chi connectivity index (χ0) is 21.5. The third kappa shape index (κ3) is 3.76. The molecule has 2 aromatic carbocycles. The highest BCUT2D eigenvalue weighted by molar-refractivity contribution is 6.13. The topological polar surface area (TPSA) is 55.1 Å². The number of furan rings is 1. The van der Waals surface area contributed by atoms with Crippen molar-refractivity contribution in [2.75, 3.05) is 5.32 Å². The number of rotatable bonds is 3. The van der Waals surface area contributed by atoms with Crippen LogP contribution in [0, 0.1) is 12.7 Å². The van der Waals surface area contributed by atoms with Crippen LogP contribution in [0.4, 0.5) is 23.2 Å². The number of benzene rings is 2. The number of pyridine rings is 1. The zero-order valence-electron chi connectivity index (χ0n) is 15.5. The van der Waals surface area contributed by atoms with E-state index in [2.05, 4.69) is 10.3 Å². The molecular formula is C22H14F4N2O2. The van der Waals surface area contributed by atoms with Crippen molar-refractivity contribution in [1.29, 1.82) is 0 Å². The molecule has 2 heterocycles. The summed E-state index contributed by atoms with van der Waals surface area (Å²) in [6.07, 6.45) is -3.41. The fourth-order valence-electron chi connectivity index (χ4n) is 3.10. The number of amides is 1. The lowest BCUT2D eigenvalue weighted by molar-refractivity contribution is -0.139. The number of anilines is 1. The van der Waals surface area contributed by atoms with E-state index in [-0.39, 0.29) is 11.3 Å². The molecule has 2 aromatic heterocycles. The van der Waals surface area contributed by atoms with Crippen molar-refractivity contribution in [2.24, 2.45) is 0 Å². The molecule has 0 spiro atoms. The molecule has 1 amide bonds. The van der Waals surface area contributed by atoms with Crippen molar-refractivity contribution in [3.63, 3.8) is 0 Å². The molecule has 4 aromatic rings. The first-order chi connectivity index (χ1) is 14.2. The maximum atomic E-state index is 13.5. The molecule has 1 N–H and O–H groups in total. The summed E-state index contributed by atoms with van der Waals surface area (Å²) in [4.78, 5) is 17.5. The quantitative estimate of drug-likeness (QED) is 0.405. The molecule has 0 aliphatic carbocycles. The SMILES string of the molecule is Cc1ccc2nc(-c3ccco3)cc(C(=O)Nc3ccc(F)c(C(F)(F)F)c3)c2c1. The number of nitrogens with one attached hydrogen (secondary N) is 1. The van der Waals surface area contributed by atoms with Gasteiger partial charge in [-0.05, 0) is 55.5 Å². The summed E-state index contributed by atoms with van der Waals surface area (Å²) in [5, 5.41) is 2.95. The summed E-state index contributed by atoms with van der Waals surface area (Å²) in [5.74, 6) is -1.63. The number of nitrogens with zero attached hydrogens (tertiary/aromatic N) is 1. The number of alkyl halides is 3. The van der Waals surface area contributed by atoms with Gasteiger partial charge in [-0.2, -0.15) is 13.2 Å². The highest BCUT2D eigenvalue weighted by Crippen LogP contribution is 2.33. The summed E-state index contributed by atoms with van der Waals surface area (Å²) in [5.41, 5.74) is 0.377. The average Bonchev–Trinajstić information content (AvgIpc) is 3.22. The summed E-state index contributed by atoms with van der Waals surface area (Å²) >= 11 is 0. The molecule has 152 valence electrons. The average molecular weight is 414 g/mol. The molecule has 0 aliphatic heterocycles. The van der Waals surface area contributed by atoms with Gasteiger partial charge in [0.15, 0.2) is 5.76 Å². The van der Waals surface area contributed by atoms with Crippen molar-refractivity contribution in [1.82, 2.24) is 4.98 Å². The van der Waals surface area contributed by atoms with Gasteiger partial charge in [0.2, 0.25) is 0 Å². The van der Waals surface area contributed by atoms with E-state index in [0.717, 1.165) is 11.6 Å². The predicted octanol–water partition coefficient (Wildman–Crippen LogP) is 6.21. The Bertz CT molecular complexity index is 1250. The van der Waals surface area contributed by atoms with E-state index < -0.39 is 23.5 Å². The Labute approximate surface area is 168 Å². The molecule has 4 nitrogen and oxygen atoms in total. The molecule has 0 fully saturated rings. The van der Waals surface area contributed by atoms with Gasteiger partial charge in [0, 0.05) is 11.1 Å². The Morgan fingerprint density at radius 1 is 1.07 bits per heavy atom. The normalized spacial score (nSPS) is 11.6. The first-order valence-corrected chi connectivity index (χ1v) is 8.86. The second-order valence-electron chi connectivity index (χ2n) is 6.70. The molecular weight excluding hydrogens is 400 g/mol. The summed E-state index contributed by atoms with van der Waals surface area (Å²) in [6.45, 7) is 1.84. The zero-order valence-corrected chi connectivity index (χ0v) is 15.5. The van der Waals surface area contributed by atoms with Crippen LogP contribution in [-0.2, 0) is 6.18 Å². The molecule has 0 radical (unpaired) electrons. The Balaban J connectivity index is 1.79. The number of hydrogen-bond donors (Lipinski definition) is 1. The maximum Gasteiger partial charge on any atom is 0.419 e. The molecule has 4 rings (SSSR count). The van der Waals surface area contributed by atoms with E-state index in [1.165, 1.54) is 12.3 Å². The van der Waals surface area contributed by atoms with E-state index in [1.807, 2.05) is 13.0 Å². The standard InChI is InChI=1S/C22H14F4N2O2/c1-12-4-7-18-14(9-12)15(11-19(28-18)20-3-2-8-30-20)21(29)27-13-5-6-17(23)16(10-13)22(24,25)26/h2-11H,1H3,(H,27,29). The van der Waals surface area contributed by atoms with E-state index in [9.17, 15) is 22.4 Å². The Morgan fingerprint density at radius 2 is 1.87 bits per heavy atom. The van der Waals surface area contributed by atoms with Crippen molar-refractivity contribution in [3.05, 3.63) is 83.4 Å². The molecule has 30 heavy (non-hydrogen) atoms. The third-order valence-electron chi connectivity index (χ3n) is 4.51. The molecule has 0 aliphatic rings. The van der Waals surface area contributed by atoms with Gasteiger partial charge in [-0.25, -0.2) is 9.37 Å². The van der Waals surface area contributed by atoms with Gasteiger partial charge in [-0.15, -0.1) is 0 Å². The Hall–Kier alpha value is -3.68. The molecule has 0 unspecified atom stereocenters. The number of aromatic nitrogens is 1. The van der Waals surface area contributed by atoms with Crippen LogP contribution in [0.1, 0.15) is 21.5 Å². The smallest absolute Gasteiger partial charge is 0.419 e. The highest BCUT2D eigenvalue weighted by Gasteiger charge is 2.34. The number of hydrogen-bond acceptors (Lipinski definition) is 3. The van der Waals surface area contributed by atoms with Crippen LogP contribution in [0.3, 0.4) is 0 Å². The van der Waals surface area contributed by atoms with E-state index in [4.69, 9.17) is 4.42 Å². The van der Waals surface area contributed by atoms with Crippen LogP contribution in [0.2, 0.25) is 0 Å². The lowest BCUT2D eigenvalue weighted by Crippen LogP contribution is -2.15. The summed E-state index contributed by atoms with van der Waals surface area (Å²) in [6, 6.07) is 12.5. The third-order valence-corrected chi connectivity index (χ3v) is 4.51. The minimum Gasteiger partial charge on any atom is -0.463 e. The molecule has 0 saturated carbocycles. The van der Waals surface area contributed by atoms with Crippen molar-refractivity contribution in [2.45, 2.75) is 13.1 Å². The molecule has 0 saturated heterocycles. The second kappa shape index (κ2) is 7.29. The van der Waals surface area contributed by atoms with Crippen molar-refractivity contribution < 1.29 is 26.8 Å². The molecule has 0 bridgehead atoms. The van der Waals surface area contributed by atoms with Gasteiger partial charge in [-0.1, -0.05) is 11.6 Å². The number of aryl methyl sites for hydroxylation is 1. The number of carbonyl (C=O) groups is 1. The van der Waals surface area contributed by atoms with Crippen LogP contribution in [0.15, 0.2) is 65.3 Å². The minimum atomic E-state index is -4.88. The fourth-order valence-corrected chi connectivity index (χ4v) is 3.10. The minimum absolute atomic E-state index is 0.175. The van der Waals surface area contributed by atoms with Gasteiger partial charge < -0.3 is 9.73 Å². The van der Waals surface area contributed by atoms with Crippen LogP contribution < -0.4 is 5.32 Å². The first kappa shape index (κ1) is 19.6. The lowest BCUT2D eigenvalue weighted by atomic mass is 10.0. The highest BCUT2D eigenvalue weighted by atomic mass is 19.4. The van der Waals surface area contributed by atoms with Crippen LogP contribution in [0.25, 0.3) is 22.4 Å². The number of fused-ring (bicyclic) bond motifs is 1. The molecule has 8 heteroatoms. The number of halogens is 4. The Kier molecular flexibility index (Phi) is 4.77. The van der Waals surface area contributed by atoms with Crippen LogP contribution >= 0.6 is 0 Å². The van der Waals surface area contributed by atoms with Gasteiger partial charge >= 0.3 is 6.18 Å². The monoisotopic (exact) mass is 414 g/mol. The molecule has 0 atom stereocenters. The van der Waals surface area contributed by atoms with Crippen LogP contribution in [0.5, 0.6) is 0 Å². The second-order valence-corrected chi connectivity index (χ2v) is 6.70. The Morgan fingerprint density at radius 3 is 2.57 bits per heavy atom. The van der Waals surface area contributed by atoms with E-state index in [1.54, 1.807) is 24.3 Å². The summed E-state index contributed by atoms with van der Waals surface area (Å²) in [7, 11) is 0. The van der Waals surface area contributed by atoms with Gasteiger partial charge in [0.1, 0.15) is 11.5 Å². The summed E-state index contributed by atoms with van der Waals surface area (Å²) < 4.78 is 57.8. The number of carbonyl (C=O) groups excluding carboxylic acids is 1. The maximum absolute atomic E-state index is 13.5.